The maximum absolute atomic E-state index is 13.0. The molecule has 2 rings (SSSR count). The van der Waals surface area contributed by atoms with Crippen LogP contribution in [0.5, 0.6) is 5.75 Å². The molecule has 0 saturated heterocycles. The van der Waals surface area contributed by atoms with Crippen LogP contribution in [-0.2, 0) is 0 Å². The van der Waals surface area contributed by atoms with Gasteiger partial charge in [0.25, 0.3) is 0 Å². The van der Waals surface area contributed by atoms with Crippen LogP contribution < -0.4 is 4.74 Å². The molecule has 0 spiro atoms. The molecule has 19 heavy (non-hydrogen) atoms. The van der Waals surface area contributed by atoms with E-state index in [1.165, 1.54) is 18.2 Å². The van der Waals surface area contributed by atoms with Crippen LogP contribution in [0, 0.1) is 19.7 Å². The highest BCUT2D eigenvalue weighted by atomic mass is 19.1. The molecule has 98 valence electrons. The number of Topliss-reactive ketones (excluding diaryl/α,β-unsaturated/α-hetero) is 1. The average molecular weight is 258 g/mol. The maximum atomic E-state index is 13.0. The van der Waals surface area contributed by atoms with E-state index in [1.807, 2.05) is 32.0 Å². The number of carbonyl (C=O) groups excluding carboxylic acids is 1. The predicted molar refractivity (Wildman–Crippen MR) is 72.1 cm³/mol. The Balaban J connectivity index is 2.09. The summed E-state index contributed by atoms with van der Waals surface area (Å²) in [6.07, 6.45) is 0. The van der Waals surface area contributed by atoms with E-state index in [1.54, 1.807) is 6.07 Å². The maximum Gasteiger partial charge on any atom is 0.200 e. The van der Waals surface area contributed by atoms with E-state index in [9.17, 15) is 9.18 Å². The first kappa shape index (κ1) is 13.3. The smallest absolute Gasteiger partial charge is 0.200 e. The van der Waals surface area contributed by atoms with E-state index in [0.29, 0.717) is 11.3 Å². The van der Waals surface area contributed by atoms with Crippen molar-refractivity contribution in [2.24, 2.45) is 0 Å². The van der Waals surface area contributed by atoms with Crippen molar-refractivity contribution in [3.63, 3.8) is 0 Å². The van der Waals surface area contributed by atoms with Crippen molar-refractivity contribution in [2.75, 3.05) is 6.61 Å². The summed E-state index contributed by atoms with van der Waals surface area (Å²) in [6.45, 7) is 3.76. The fourth-order valence-electron chi connectivity index (χ4n) is 1.91. The van der Waals surface area contributed by atoms with Crippen molar-refractivity contribution in [1.82, 2.24) is 0 Å². The molecule has 0 unspecified atom stereocenters. The molecule has 0 aliphatic rings. The lowest BCUT2D eigenvalue weighted by molar-refractivity contribution is 0.0920. The number of para-hydroxylation sites is 1. The van der Waals surface area contributed by atoms with Gasteiger partial charge >= 0.3 is 0 Å². The first-order valence-corrected chi connectivity index (χ1v) is 6.05. The second kappa shape index (κ2) is 5.65. The van der Waals surface area contributed by atoms with Crippen molar-refractivity contribution in [3.05, 3.63) is 65.0 Å². The van der Waals surface area contributed by atoms with Crippen LogP contribution in [0.3, 0.4) is 0 Å². The Bertz CT molecular complexity index is 585. The van der Waals surface area contributed by atoms with Gasteiger partial charge in [-0.1, -0.05) is 30.3 Å². The van der Waals surface area contributed by atoms with Crippen LogP contribution >= 0.6 is 0 Å². The van der Waals surface area contributed by atoms with E-state index >= 15 is 0 Å². The van der Waals surface area contributed by atoms with Crippen LogP contribution in [0.2, 0.25) is 0 Å². The van der Waals surface area contributed by atoms with Crippen LogP contribution in [0.1, 0.15) is 21.5 Å². The van der Waals surface area contributed by atoms with Gasteiger partial charge in [0, 0.05) is 5.56 Å². The van der Waals surface area contributed by atoms with Crippen LogP contribution in [0.25, 0.3) is 0 Å². The van der Waals surface area contributed by atoms with Gasteiger partial charge < -0.3 is 4.74 Å². The number of rotatable bonds is 4. The summed E-state index contributed by atoms with van der Waals surface area (Å²) in [6, 6.07) is 11.4. The number of ether oxygens (including phenoxy) is 1. The Kier molecular flexibility index (Phi) is 3.95. The van der Waals surface area contributed by atoms with Crippen molar-refractivity contribution in [1.29, 1.82) is 0 Å². The quantitative estimate of drug-likeness (QED) is 0.781. The largest absolute Gasteiger partial charge is 0.485 e. The fraction of sp³-hybridized carbons (Fsp3) is 0.188. The van der Waals surface area contributed by atoms with Gasteiger partial charge in [0.15, 0.2) is 12.4 Å². The zero-order valence-corrected chi connectivity index (χ0v) is 10.9. The Morgan fingerprint density at radius 2 is 1.74 bits per heavy atom. The molecule has 2 nitrogen and oxygen atoms in total. The molecule has 0 fully saturated rings. The molecular formula is C16H15FO2. The van der Waals surface area contributed by atoms with E-state index in [0.717, 1.165) is 11.1 Å². The van der Waals surface area contributed by atoms with Crippen molar-refractivity contribution in [3.8, 4) is 5.75 Å². The van der Waals surface area contributed by atoms with Gasteiger partial charge in [0.1, 0.15) is 11.6 Å². The molecule has 0 atom stereocenters. The first-order valence-electron chi connectivity index (χ1n) is 6.05. The molecule has 0 aromatic heterocycles. The topological polar surface area (TPSA) is 26.3 Å². The Morgan fingerprint density at radius 1 is 1.11 bits per heavy atom. The lowest BCUT2D eigenvalue weighted by atomic mass is 10.1. The summed E-state index contributed by atoms with van der Waals surface area (Å²) in [5.74, 6) is 0.0623. The van der Waals surface area contributed by atoms with E-state index in [4.69, 9.17) is 4.74 Å². The monoisotopic (exact) mass is 258 g/mol. The van der Waals surface area contributed by atoms with Gasteiger partial charge in [-0.3, -0.25) is 4.79 Å². The van der Waals surface area contributed by atoms with Crippen molar-refractivity contribution < 1.29 is 13.9 Å². The molecule has 0 amide bonds. The van der Waals surface area contributed by atoms with Gasteiger partial charge in [-0.05, 0) is 37.1 Å². The molecule has 0 heterocycles. The Morgan fingerprint density at radius 3 is 2.37 bits per heavy atom. The summed E-state index contributed by atoms with van der Waals surface area (Å²) < 4.78 is 18.6. The lowest BCUT2D eigenvalue weighted by Gasteiger charge is -2.11. The number of benzene rings is 2. The zero-order valence-electron chi connectivity index (χ0n) is 10.9. The summed E-state index contributed by atoms with van der Waals surface area (Å²) >= 11 is 0. The van der Waals surface area contributed by atoms with Crippen molar-refractivity contribution >= 4 is 5.78 Å². The highest BCUT2D eigenvalue weighted by molar-refractivity contribution is 5.97. The summed E-state index contributed by atoms with van der Waals surface area (Å²) in [5, 5.41) is 0. The molecule has 0 radical (unpaired) electrons. The predicted octanol–water partition coefficient (Wildman–Crippen LogP) is 3.70. The molecule has 2 aromatic rings. The molecule has 0 bridgehead atoms. The second-order valence-corrected chi connectivity index (χ2v) is 4.44. The number of ketones is 1. The van der Waals surface area contributed by atoms with Gasteiger partial charge in [-0.15, -0.1) is 0 Å². The zero-order chi connectivity index (χ0) is 13.8. The molecule has 3 heteroatoms. The summed E-state index contributed by atoms with van der Waals surface area (Å²) in [7, 11) is 0. The number of hydrogen-bond donors (Lipinski definition) is 0. The molecule has 0 saturated carbocycles. The minimum atomic E-state index is -0.419. The third kappa shape index (κ3) is 3.19. The summed E-state index contributed by atoms with van der Waals surface area (Å²) in [4.78, 5) is 11.9. The SMILES string of the molecule is Cc1cccc(C)c1OCC(=O)c1cccc(F)c1. The van der Waals surface area contributed by atoms with Crippen molar-refractivity contribution in [2.45, 2.75) is 13.8 Å². The minimum absolute atomic E-state index is 0.0881. The van der Waals surface area contributed by atoms with Crippen LogP contribution in [-0.4, -0.2) is 12.4 Å². The van der Waals surface area contributed by atoms with Gasteiger partial charge in [0.05, 0.1) is 0 Å². The fourth-order valence-corrected chi connectivity index (χ4v) is 1.91. The summed E-state index contributed by atoms with van der Waals surface area (Å²) in [5.41, 5.74) is 2.28. The van der Waals surface area contributed by atoms with E-state index in [-0.39, 0.29) is 12.4 Å². The first-order chi connectivity index (χ1) is 9.08. The Labute approximate surface area is 111 Å². The number of hydrogen-bond acceptors (Lipinski definition) is 2. The molecule has 0 aliphatic heterocycles. The molecule has 0 aliphatic carbocycles. The number of carbonyl (C=O) groups is 1. The van der Waals surface area contributed by atoms with Gasteiger partial charge in [-0.2, -0.15) is 0 Å². The van der Waals surface area contributed by atoms with Crippen LogP contribution in [0.15, 0.2) is 42.5 Å². The number of aryl methyl sites for hydroxylation is 2. The second-order valence-electron chi connectivity index (χ2n) is 4.44. The molecular weight excluding hydrogens is 243 g/mol. The number of halogens is 1. The van der Waals surface area contributed by atoms with E-state index in [2.05, 4.69) is 0 Å². The van der Waals surface area contributed by atoms with Crippen LogP contribution in [0.4, 0.5) is 4.39 Å². The third-order valence-corrected chi connectivity index (χ3v) is 2.90. The highest BCUT2D eigenvalue weighted by Crippen LogP contribution is 2.22. The van der Waals surface area contributed by atoms with E-state index < -0.39 is 5.82 Å². The molecule has 2 aromatic carbocycles. The molecule has 0 N–H and O–H groups in total. The average Bonchev–Trinajstić information content (AvgIpc) is 2.38. The normalized spacial score (nSPS) is 10.3. The minimum Gasteiger partial charge on any atom is -0.485 e. The highest BCUT2D eigenvalue weighted by Gasteiger charge is 2.10. The van der Waals surface area contributed by atoms with Gasteiger partial charge in [0.2, 0.25) is 0 Å². The lowest BCUT2D eigenvalue weighted by Crippen LogP contribution is -2.12. The standard InChI is InChI=1S/C16H15FO2/c1-11-5-3-6-12(2)16(11)19-10-15(18)13-7-4-8-14(17)9-13/h3-9H,10H2,1-2H3. The van der Waals surface area contributed by atoms with Gasteiger partial charge in [-0.25, -0.2) is 4.39 Å². The Hall–Kier alpha value is -2.16. The third-order valence-electron chi connectivity index (χ3n) is 2.90.